The molecule has 146 valence electrons. The van der Waals surface area contributed by atoms with Crippen molar-refractivity contribution in [2.75, 3.05) is 19.6 Å². The largest absolute Gasteiger partial charge is 0.333 e. The van der Waals surface area contributed by atoms with Gasteiger partial charge < -0.3 is 10.2 Å². The minimum atomic E-state index is -0.460. The molecular formula is C17H23ClN6O3. The topological polar surface area (TPSA) is 106 Å². The number of halogens is 1. The zero-order valence-electron chi connectivity index (χ0n) is 15.3. The van der Waals surface area contributed by atoms with Crippen LogP contribution < -0.4 is 5.32 Å². The summed E-state index contributed by atoms with van der Waals surface area (Å²) >= 11 is 0. The van der Waals surface area contributed by atoms with E-state index >= 15 is 0 Å². The molecule has 9 nitrogen and oxygen atoms in total. The normalized spacial score (nSPS) is 16.0. The minimum absolute atomic E-state index is 0. The molecule has 1 saturated heterocycles. The second-order valence-electron chi connectivity index (χ2n) is 6.36. The lowest BCUT2D eigenvalue weighted by Crippen LogP contribution is -2.42. The van der Waals surface area contributed by atoms with Gasteiger partial charge in [0.25, 0.3) is 11.6 Å². The Kier molecular flexibility index (Phi) is 6.86. The van der Waals surface area contributed by atoms with E-state index in [4.69, 9.17) is 0 Å². The van der Waals surface area contributed by atoms with Gasteiger partial charge in [-0.2, -0.15) is 0 Å². The molecule has 1 aliphatic heterocycles. The summed E-state index contributed by atoms with van der Waals surface area (Å²) < 4.78 is 1.47. The Morgan fingerprint density at radius 1 is 1.48 bits per heavy atom. The number of nitro groups is 1. The highest BCUT2D eigenvalue weighted by Crippen LogP contribution is 2.20. The Labute approximate surface area is 163 Å². The molecule has 10 heteroatoms. The van der Waals surface area contributed by atoms with Crippen molar-refractivity contribution >= 4 is 24.0 Å². The van der Waals surface area contributed by atoms with Crippen LogP contribution in [0.1, 0.15) is 35.9 Å². The van der Waals surface area contributed by atoms with E-state index in [9.17, 15) is 14.9 Å². The van der Waals surface area contributed by atoms with E-state index in [2.05, 4.69) is 15.6 Å². The maximum atomic E-state index is 13.0. The third-order valence-electron chi connectivity index (χ3n) is 4.58. The number of nitro benzene ring substituents is 1. The lowest BCUT2D eigenvalue weighted by molar-refractivity contribution is -0.384. The number of carbonyl (C=O) groups is 1. The Morgan fingerprint density at radius 2 is 2.26 bits per heavy atom. The molecule has 1 fully saturated rings. The Morgan fingerprint density at radius 3 is 2.89 bits per heavy atom. The molecule has 0 aliphatic carbocycles. The molecule has 1 N–H and O–H groups in total. The van der Waals surface area contributed by atoms with Gasteiger partial charge in [-0.05, 0) is 32.4 Å². The van der Waals surface area contributed by atoms with Crippen molar-refractivity contribution in [2.24, 2.45) is 0 Å². The first-order valence-electron chi connectivity index (χ1n) is 8.71. The summed E-state index contributed by atoms with van der Waals surface area (Å²) in [5.74, 6) is -0.144. The third-order valence-corrected chi connectivity index (χ3v) is 4.58. The molecule has 1 aromatic heterocycles. The molecule has 27 heavy (non-hydrogen) atoms. The fourth-order valence-electron chi connectivity index (χ4n) is 3.24. The van der Waals surface area contributed by atoms with E-state index in [-0.39, 0.29) is 35.7 Å². The lowest BCUT2D eigenvalue weighted by Gasteiger charge is -2.27. The van der Waals surface area contributed by atoms with E-state index in [1.165, 1.54) is 16.8 Å². The summed E-state index contributed by atoms with van der Waals surface area (Å²) in [6.07, 6.45) is 1.78. The van der Waals surface area contributed by atoms with Crippen molar-refractivity contribution in [3.8, 4) is 5.69 Å². The van der Waals surface area contributed by atoms with Gasteiger partial charge in [-0.3, -0.25) is 14.9 Å². The van der Waals surface area contributed by atoms with Gasteiger partial charge in [0, 0.05) is 31.3 Å². The SMILES string of the molecule is CCCN(C(=O)c1nnn(-c2cccc([N+](=O)[O-])c2)c1C)C1CCNC1.Cl. The summed E-state index contributed by atoms with van der Waals surface area (Å²) in [6.45, 7) is 6.13. The van der Waals surface area contributed by atoms with Gasteiger partial charge in [-0.15, -0.1) is 17.5 Å². The monoisotopic (exact) mass is 394 g/mol. The average Bonchev–Trinajstić information content (AvgIpc) is 3.29. The molecule has 1 atom stereocenters. The second-order valence-corrected chi connectivity index (χ2v) is 6.36. The van der Waals surface area contributed by atoms with Crippen LogP contribution in [0.3, 0.4) is 0 Å². The van der Waals surface area contributed by atoms with Crippen LogP contribution >= 0.6 is 12.4 Å². The van der Waals surface area contributed by atoms with Gasteiger partial charge in [0.2, 0.25) is 0 Å². The average molecular weight is 395 g/mol. The highest BCUT2D eigenvalue weighted by molar-refractivity contribution is 5.93. The number of carbonyl (C=O) groups excluding carboxylic acids is 1. The van der Waals surface area contributed by atoms with Crippen LogP contribution in [0.15, 0.2) is 24.3 Å². The second kappa shape index (κ2) is 8.92. The maximum absolute atomic E-state index is 13.0. The molecule has 3 rings (SSSR count). The highest BCUT2D eigenvalue weighted by Gasteiger charge is 2.30. The summed E-state index contributed by atoms with van der Waals surface area (Å²) in [5, 5.41) is 22.4. The fraction of sp³-hybridized carbons (Fsp3) is 0.471. The molecule has 1 amide bonds. The number of benzene rings is 1. The van der Waals surface area contributed by atoms with Gasteiger partial charge in [0.15, 0.2) is 5.69 Å². The molecule has 0 spiro atoms. The molecule has 1 unspecified atom stereocenters. The standard InChI is InChI=1S/C17H22N6O3.ClH/c1-3-9-21(15-7-8-18-11-15)17(24)16-12(2)22(20-19-16)13-5-4-6-14(10-13)23(25)26;/h4-6,10,15,18H,3,7-9,11H2,1-2H3;1H. The fourth-order valence-corrected chi connectivity index (χ4v) is 3.24. The summed E-state index contributed by atoms with van der Waals surface area (Å²) in [4.78, 5) is 25.4. The van der Waals surface area contributed by atoms with E-state index in [1.807, 2.05) is 11.8 Å². The first kappa shape index (κ1) is 20.8. The van der Waals surface area contributed by atoms with E-state index in [0.717, 1.165) is 25.9 Å². The summed E-state index contributed by atoms with van der Waals surface area (Å²) in [7, 11) is 0. The van der Waals surface area contributed by atoms with E-state index in [1.54, 1.807) is 19.1 Å². The number of non-ortho nitro benzene ring substituents is 1. The van der Waals surface area contributed by atoms with Gasteiger partial charge in [-0.1, -0.05) is 18.2 Å². The van der Waals surface area contributed by atoms with Gasteiger partial charge in [0.1, 0.15) is 0 Å². The van der Waals surface area contributed by atoms with Crippen LogP contribution in [0.25, 0.3) is 5.69 Å². The number of nitrogens with zero attached hydrogens (tertiary/aromatic N) is 5. The predicted molar refractivity (Wildman–Crippen MR) is 103 cm³/mol. The number of amides is 1. The van der Waals surface area contributed by atoms with Crippen LogP contribution in [0, 0.1) is 17.0 Å². The molecule has 1 aromatic carbocycles. The third kappa shape index (κ3) is 4.25. The zero-order chi connectivity index (χ0) is 18.7. The van der Waals surface area contributed by atoms with Crippen molar-refractivity contribution in [2.45, 2.75) is 32.7 Å². The van der Waals surface area contributed by atoms with Crippen molar-refractivity contribution in [1.29, 1.82) is 0 Å². The van der Waals surface area contributed by atoms with Gasteiger partial charge in [0.05, 0.1) is 16.3 Å². The van der Waals surface area contributed by atoms with Crippen LogP contribution in [0.2, 0.25) is 0 Å². The van der Waals surface area contributed by atoms with Gasteiger partial charge in [-0.25, -0.2) is 4.68 Å². The van der Waals surface area contributed by atoms with Crippen LogP contribution in [-0.4, -0.2) is 56.4 Å². The molecular weight excluding hydrogens is 372 g/mol. The summed E-state index contributed by atoms with van der Waals surface area (Å²) in [6, 6.07) is 6.28. The number of hydrogen-bond donors (Lipinski definition) is 1. The van der Waals surface area contributed by atoms with Crippen LogP contribution in [0.5, 0.6) is 0 Å². The minimum Gasteiger partial charge on any atom is -0.333 e. The Bertz CT molecular complexity index is 819. The smallest absolute Gasteiger partial charge is 0.276 e. The van der Waals surface area contributed by atoms with E-state index < -0.39 is 4.92 Å². The molecule has 0 bridgehead atoms. The van der Waals surface area contributed by atoms with Crippen LogP contribution in [0.4, 0.5) is 5.69 Å². The number of rotatable bonds is 6. The Balaban J connectivity index is 0.00000261. The highest BCUT2D eigenvalue weighted by atomic mass is 35.5. The van der Waals surface area contributed by atoms with Crippen LogP contribution in [-0.2, 0) is 0 Å². The molecule has 2 aromatic rings. The van der Waals surface area contributed by atoms with Crippen molar-refractivity contribution in [3.05, 3.63) is 45.8 Å². The van der Waals surface area contributed by atoms with E-state index in [0.29, 0.717) is 17.9 Å². The summed E-state index contributed by atoms with van der Waals surface area (Å²) in [5.41, 5.74) is 1.34. The lowest BCUT2D eigenvalue weighted by atomic mass is 10.1. The van der Waals surface area contributed by atoms with Gasteiger partial charge >= 0.3 is 0 Å². The maximum Gasteiger partial charge on any atom is 0.276 e. The number of hydrogen-bond acceptors (Lipinski definition) is 6. The van der Waals surface area contributed by atoms with Crippen molar-refractivity contribution in [3.63, 3.8) is 0 Å². The quantitative estimate of drug-likeness (QED) is 0.594. The molecule has 0 saturated carbocycles. The Hall–Kier alpha value is -2.52. The molecule has 1 aliphatic rings. The first-order valence-corrected chi connectivity index (χ1v) is 8.71. The molecule has 0 radical (unpaired) electrons. The first-order chi connectivity index (χ1) is 12.5. The zero-order valence-corrected chi connectivity index (χ0v) is 16.1. The number of nitrogens with one attached hydrogen (secondary N) is 1. The number of aromatic nitrogens is 3. The predicted octanol–water partition coefficient (Wildman–Crippen LogP) is 2.12. The van der Waals surface area contributed by atoms with Crippen molar-refractivity contribution in [1.82, 2.24) is 25.2 Å². The molecule has 2 heterocycles. The van der Waals surface area contributed by atoms with Crippen molar-refractivity contribution < 1.29 is 9.72 Å².